The van der Waals surface area contributed by atoms with Crippen molar-refractivity contribution >= 4 is 18.1 Å². The van der Waals surface area contributed by atoms with E-state index in [0.717, 1.165) is 13.1 Å². The summed E-state index contributed by atoms with van der Waals surface area (Å²) in [6.45, 7) is 8.45. The lowest BCUT2D eigenvalue weighted by atomic mass is 10.2. The van der Waals surface area contributed by atoms with Gasteiger partial charge in [0.05, 0.1) is 17.6 Å². The third kappa shape index (κ3) is 4.12. The molecular formula is C11H22ClN3. The average Bonchev–Trinajstić information content (AvgIpc) is 2.55. The molecule has 0 aliphatic rings. The van der Waals surface area contributed by atoms with Crippen molar-refractivity contribution < 1.29 is 0 Å². The number of aromatic nitrogens is 2. The Kier molecular flexibility index (Phi) is 7.22. The topological polar surface area (TPSA) is 29.9 Å². The number of nitrogens with one attached hydrogen (secondary N) is 1. The minimum absolute atomic E-state index is 0. The van der Waals surface area contributed by atoms with E-state index in [4.69, 9.17) is 0 Å². The van der Waals surface area contributed by atoms with E-state index in [0.29, 0.717) is 0 Å². The number of aryl methyl sites for hydroxylation is 1. The predicted molar refractivity (Wildman–Crippen MR) is 67.9 cm³/mol. The highest BCUT2D eigenvalue weighted by Crippen LogP contribution is 2.13. The summed E-state index contributed by atoms with van der Waals surface area (Å²) in [5.41, 5.74) is 2.42. The summed E-state index contributed by atoms with van der Waals surface area (Å²) in [4.78, 5) is 0. The van der Waals surface area contributed by atoms with Crippen molar-refractivity contribution in [1.29, 1.82) is 0 Å². The number of hydrogen-bond donors (Lipinski definition) is 1. The summed E-state index contributed by atoms with van der Waals surface area (Å²) < 4.78 is 2.02. The van der Waals surface area contributed by atoms with Crippen molar-refractivity contribution in [1.82, 2.24) is 9.78 Å². The van der Waals surface area contributed by atoms with E-state index in [-0.39, 0.29) is 12.4 Å². The van der Waals surface area contributed by atoms with Crippen LogP contribution in [0.4, 0.5) is 5.69 Å². The lowest BCUT2D eigenvalue weighted by molar-refractivity contribution is 0.640. The molecule has 0 unspecified atom stereocenters. The zero-order chi connectivity index (χ0) is 10.4. The SMILES string of the molecule is CCCCCNc1cnn(CC)c1C.Cl. The quantitative estimate of drug-likeness (QED) is 0.762. The predicted octanol–water partition coefficient (Wildman–Crippen LogP) is 3.24. The van der Waals surface area contributed by atoms with Gasteiger partial charge in [-0.05, 0) is 20.3 Å². The van der Waals surface area contributed by atoms with Crippen LogP contribution in [0.5, 0.6) is 0 Å². The molecule has 0 fully saturated rings. The Labute approximate surface area is 98.7 Å². The second-order valence-corrected chi connectivity index (χ2v) is 3.59. The summed E-state index contributed by atoms with van der Waals surface area (Å²) in [5.74, 6) is 0. The van der Waals surface area contributed by atoms with Crippen LogP contribution in [0.1, 0.15) is 38.8 Å². The number of rotatable bonds is 6. The molecule has 0 saturated carbocycles. The van der Waals surface area contributed by atoms with Gasteiger partial charge in [0, 0.05) is 13.1 Å². The Morgan fingerprint density at radius 1 is 1.33 bits per heavy atom. The smallest absolute Gasteiger partial charge is 0.0756 e. The maximum absolute atomic E-state index is 4.29. The summed E-state index contributed by atoms with van der Waals surface area (Å²) in [5, 5.41) is 7.71. The first-order chi connectivity index (χ1) is 6.79. The Morgan fingerprint density at radius 3 is 2.60 bits per heavy atom. The van der Waals surface area contributed by atoms with Crippen molar-refractivity contribution in [2.75, 3.05) is 11.9 Å². The van der Waals surface area contributed by atoms with Gasteiger partial charge in [0.15, 0.2) is 0 Å². The maximum Gasteiger partial charge on any atom is 0.0756 e. The van der Waals surface area contributed by atoms with Crippen LogP contribution in [-0.4, -0.2) is 16.3 Å². The van der Waals surface area contributed by atoms with E-state index >= 15 is 0 Å². The lowest BCUT2D eigenvalue weighted by Gasteiger charge is -2.05. The summed E-state index contributed by atoms with van der Waals surface area (Å²) in [7, 11) is 0. The molecule has 1 heterocycles. The second-order valence-electron chi connectivity index (χ2n) is 3.59. The first kappa shape index (κ1) is 14.3. The molecule has 3 nitrogen and oxygen atoms in total. The van der Waals surface area contributed by atoms with Gasteiger partial charge in [-0.3, -0.25) is 4.68 Å². The number of anilines is 1. The molecule has 0 aromatic carbocycles. The molecule has 1 aromatic rings. The first-order valence-corrected chi connectivity index (χ1v) is 5.55. The van der Waals surface area contributed by atoms with Gasteiger partial charge in [0.1, 0.15) is 0 Å². The largest absolute Gasteiger partial charge is 0.382 e. The Balaban J connectivity index is 0.00000196. The highest BCUT2D eigenvalue weighted by molar-refractivity contribution is 5.85. The van der Waals surface area contributed by atoms with Gasteiger partial charge in [-0.2, -0.15) is 5.10 Å². The summed E-state index contributed by atoms with van der Waals surface area (Å²) >= 11 is 0. The molecule has 15 heavy (non-hydrogen) atoms. The van der Waals surface area contributed by atoms with Crippen molar-refractivity contribution in [2.45, 2.75) is 46.6 Å². The van der Waals surface area contributed by atoms with Crippen LogP contribution in [0.3, 0.4) is 0 Å². The fourth-order valence-corrected chi connectivity index (χ4v) is 1.54. The van der Waals surface area contributed by atoms with Gasteiger partial charge in [-0.1, -0.05) is 19.8 Å². The highest BCUT2D eigenvalue weighted by Gasteiger charge is 2.02. The standard InChI is InChI=1S/C11H21N3.ClH/c1-4-6-7-8-12-11-9-13-14(5-2)10(11)3;/h9,12H,4-8H2,1-3H3;1H. The molecule has 0 radical (unpaired) electrons. The fourth-order valence-electron chi connectivity index (χ4n) is 1.54. The first-order valence-electron chi connectivity index (χ1n) is 5.55. The van der Waals surface area contributed by atoms with E-state index < -0.39 is 0 Å². The Bertz CT molecular complexity index is 271. The molecule has 1 aromatic heterocycles. The molecular weight excluding hydrogens is 210 g/mol. The van der Waals surface area contributed by atoms with Gasteiger partial charge in [-0.15, -0.1) is 12.4 Å². The molecule has 88 valence electrons. The van der Waals surface area contributed by atoms with Gasteiger partial charge < -0.3 is 5.32 Å². The fraction of sp³-hybridized carbons (Fsp3) is 0.727. The number of hydrogen-bond acceptors (Lipinski definition) is 2. The van der Waals surface area contributed by atoms with Crippen molar-refractivity contribution in [3.8, 4) is 0 Å². The van der Waals surface area contributed by atoms with E-state index in [1.807, 2.05) is 10.9 Å². The molecule has 0 atom stereocenters. The highest BCUT2D eigenvalue weighted by atomic mass is 35.5. The van der Waals surface area contributed by atoms with Crippen LogP contribution in [-0.2, 0) is 6.54 Å². The molecule has 1 rings (SSSR count). The maximum atomic E-state index is 4.29. The minimum Gasteiger partial charge on any atom is -0.382 e. The van der Waals surface area contributed by atoms with E-state index in [9.17, 15) is 0 Å². The average molecular weight is 232 g/mol. The summed E-state index contributed by atoms with van der Waals surface area (Å²) in [6, 6.07) is 0. The van der Waals surface area contributed by atoms with Crippen molar-refractivity contribution in [3.05, 3.63) is 11.9 Å². The molecule has 0 spiro atoms. The van der Waals surface area contributed by atoms with E-state index in [1.165, 1.54) is 30.6 Å². The molecule has 1 N–H and O–H groups in total. The number of unbranched alkanes of at least 4 members (excludes halogenated alkanes) is 2. The van der Waals surface area contributed by atoms with Crippen molar-refractivity contribution in [2.24, 2.45) is 0 Å². The molecule has 0 saturated heterocycles. The van der Waals surface area contributed by atoms with Crippen LogP contribution in [0.2, 0.25) is 0 Å². The normalized spacial score (nSPS) is 9.80. The van der Waals surface area contributed by atoms with Crippen LogP contribution < -0.4 is 5.32 Å². The Hall–Kier alpha value is -0.700. The lowest BCUT2D eigenvalue weighted by Crippen LogP contribution is -2.03. The third-order valence-electron chi connectivity index (χ3n) is 2.50. The van der Waals surface area contributed by atoms with Gasteiger partial charge in [0.25, 0.3) is 0 Å². The number of halogens is 1. The molecule has 0 bridgehead atoms. The zero-order valence-electron chi connectivity index (χ0n) is 9.92. The zero-order valence-corrected chi connectivity index (χ0v) is 10.7. The van der Waals surface area contributed by atoms with Crippen LogP contribution in [0.25, 0.3) is 0 Å². The second kappa shape index (κ2) is 7.57. The van der Waals surface area contributed by atoms with E-state index in [2.05, 4.69) is 31.2 Å². The Morgan fingerprint density at radius 2 is 2.07 bits per heavy atom. The minimum atomic E-state index is 0. The van der Waals surface area contributed by atoms with Crippen LogP contribution in [0.15, 0.2) is 6.20 Å². The molecule has 4 heteroatoms. The van der Waals surface area contributed by atoms with Crippen LogP contribution in [0, 0.1) is 6.92 Å². The molecule has 0 aliphatic carbocycles. The molecule has 0 amide bonds. The van der Waals surface area contributed by atoms with Crippen LogP contribution >= 0.6 is 12.4 Å². The van der Waals surface area contributed by atoms with Gasteiger partial charge in [0.2, 0.25) is 0 Å². The van der Waals surface area contributed by atoms with Gasteiger partial charge >= 0.3 is 0 Å². The van der Waals surface area contributed by atoms with Crippen molar-refractivity contribution in [3.63, 3.8) is 0 Å². The number of nitrogens with zero attached hydrogens (tertiary/aromatic N) is 2. The molecule has 0 aliphatic heterocycles. The third-order valence-corrected chi connectivity index (χ3v) is 2.50. The summed E-state index contributed by atoms with van der Waals surface area (Å²) in [6.07, 6.45) is 5.74. The van der Waals surface area contributed by atoms with Gasteiger partial charge in [-0.25, -0.2) is 0 Å². The van der Waals surface area contributed by atoms with E-state index in [1.54, 1.807) is 0 Å². The monoisotopic (exact) mass is 231 g/mol.